The third-order valence-corrected chi connectivity index (χ3v) is 13.2. The van der Waals surface area contributed by atoms with E-state index in [2.05, 4.69) is 42.2 Å². The van der Waals surface area contributed by atoms with E-state index in [1.807, 2.05) is 72.5 Å². The van der Waals surface area contributed by atoms with Gasteiger partial charge in [0, 0.05) is 50.1 Å². The van der Waals surface area contributed by atoms with E-state index in [1.54, 1.807) is 12.1 Å². The van der Waals surface area contributed by atoms with Crippen molar-refractivity contribution >= 4 is 28.5 Å². The first kappa shape index (κ1) is 44.1. The number of carbonyl (C=O) groups excluding carboxylic acids is 2. The molecule has 2 amide bonds. The van der Waals surface area contributed by atoms with Gasteiger partial charge in [-0.2, -0.15) is 0 Å². The summed E-state index contributed by atoms with van der Waals surface area (Å²) in [4.78, 5) is 36.2. The highest BCUT2D eigenvalue weighted by atomic mass is 16.7. The Labute approximate surface area is 370 Å². The number of fused-ring (bicyclic) bond motifs is 3. The molecule has 2 fully saturated rings. The molecule has 0 radical (unpaired) electrons. The van der Waals surface area contributed by atoms with Crippen LogP contribution in [-0.4, -0.2) is 71.1 Å². The molecule has 4 aliphatic rings. The SMILES string of the molecule is C=CCOC12Oc3ccc(OC(=O)NCc4ccccc4)cc3C3C(CCCCO)C(CCCCO)C=C(C(=NOCC)CC1N(Cc1cccc4ccccc14)C(=O)C1CC1)C32. The van der Waals surface area contributed by atoms with E-state index < -0.39 is 23.8 Å². The van der Waals surface area contributed by atoms with Gasteiger partial charge >= 0.3 is 6.09 Å². The van der Waals surface area contributed by atoms with Crippen LogP contribution in [0, 0.1) is 23.7 Å². The summed E-state index contributed by atoms with van der Waals surface area (Å²) < 4.78 is 20.6. The Balaban J connectivity index is 1.29. The zero-order valence-electron chi connectivity index (χ0n) is 36.3. The van der Waals surface area contributed by atoms with E-state index in [-0.39, 0.29) is 49.4 Å². The average molecular weight is 856 g/mol. The minimum atomic E-state index is -1.39. The van der Waals surface area contributed by atoms with Gasteiger partial charge in [-0.05, 0) is 103 Å². The minimum Gasteiger partial charge on any atom is -0.459 e. The third kappa shape index (κ3) is 9.56. The molecule has 3 aliphatic carbocycles. The fourth-order valence-electron chi connectivity index (χ4n) is 10.3. The van der Waals surface area contributed by atoms with Gasteiger partial charge in [0.05, 0.1) is 18.2 Å². The quantitative estimate of drug-likeness (QED) is 0.0455. The molecule has 0 spiro atoms. The lowest BCUT2D eigenvalue weighted by molar-refractivity contribution is -0.258. The minimum absolute atomic E-state index is 0.0262. The molecule has 4 aromatic rings. The number of aliphatic hydroxyl groups is 2. The second-order valence-corrected chi connectivity index (χ2v) is 17.3. The lowest BCUT2D eigenvalue weighted by Crippen LogP contribution is -2.70. The second-order valence-electron chi connectivity index (χ2n) is 17.3. The van der Waals surface area contributed by atoms with Crippen LogP contribution >= 0.6 is 0 Å². The van der Waals surface area contributed by atoms with E-state index >= 15 is 0 Å². The smallest absolute Gasteiger partial charge is 0.412 e. The second kappa shape index (κ2) is 20.3. The van der Waals surface area contributed by atoms with Crippen LogP contribution in [0.1, 0.15) is 87.3 Å². The summed E-state index contributed by atoms with van der Waals surface area (Å²) in [5.74, 6) is -1.09. The van der Waals surface area contributed by atoms with Gasteiger partial charge in [-0.25, -0.2) is 4.79 Å². The van der Waals surface area contributed by atoms with Gasteiger partial charge in [-0.3, -0.25) is 4.79 Å². The molecule has 332 valence electrons. The van der Waals surface area contributed by atoms with Crippen LogP contribution in [0.15, 0.2) is 120 Å². The van der Waals surface area contributed by atoms with Crippen LogP contribution in [0.2, 0.25) is 0 Å². The maximum absolute atomic E-state index is 15.0. The van der Waals surface area contributed by atoms with Gasteiger partial charge in [0.1, 0.15) is 24.1 Å². The number of aliphatic hydroxyl groups excluding tert-OH is 2. The van der Waals surface area contributed by atoms with Gasteiger partial charge < -0.3 is 39.5 Å². The van der Waals surface area contributed by atoms with Crippen LogP contribution in [0.4, 0.5) is 4.79 Å². The third-order valence-electron chi connectivity index (χ3n) is 13.2. The van der Waals surface area contributed by atoms with E-state index in [4.69, 9.17) is 24.2 Å². The summed E-state index contributed by atoms with van der Waals surface area (Å²) >= 11 is 0. The van der Waals surface area contributed by atoms with Crippen LogP contribution in [-0.2, 0) is 27.5 Å². The highest BCUT2D eigenvalue weighted by molar-refractivity contribution is 6.03. The summed E-state index contributed by atoms with van der Waals surface area (Å²) in [7, 11) is 0. The number of unbranched alkanes of at least 4 members (excludes halogenated alkanes) is 2. The molecule has 6 unspecified atom stereocenters. The molecule has 8 rings (SSSR count). The predicted molar refractivity (Wildman–Crippen MR) is 243 cm³/mol. The lowest BCUT2D eigenvalue weighted by atomic mass is 9.55. The topological polar surface area (TPSA) is 139 Å². The van der Waals surface area contributed by atoms with Crippen molar-refractivity contribution in [1.29, 1.82) is 0 Å². The molecule has 4 aromatic carbocycles. The van der Waals surface area contributed by atoms with Gasteiger partial charge in [-0.15, -0.1) is 6.58 Å². The molecule has 1 heterocycles. The Hall–Kier alpha value is -5.49. The Kier molecular flexibility index (Phi) is 14.3. The number of hydrogen-bond donors (Lipinski definition) is 3. The van der Waals surface area contributed by atoms with Crippen molar-refractivity contribution in [2.45, 2.75) is 95.5 Å². The maximum atomic E-state index is 15.0. The standard InChI is InChI=1S/C52H61N3O8/c1-3-29-60-52-47(55(50(58)37-23-24-37)34-39-20-14-19-36-17-8-9-21-41(36)39)32-45(54-61-4-2)43-30-38(18-10-12-27-56)42(22-11-13-28-57)48(49(43)52)44-31-40(25-26-46(44)63-52)62-51(59)53-33-35-15-6-5-7-16-35/h3,5-9,14-17,19-21,25-26,30-31,37-38,42,47-49,56-57H,1,4,10-13,18,22-24,27-29,32-34H2,2H3,(H,53,59). The number of nitrogens with one attached hydrogen (secondary N) is 1. The van der Waals surface area contributed by atoms with Gasteiger partial charge in [-0.1, -0.05) is 103 Å². The molecule has 3 N–H and O–H groups in total. The van der Waals surface area contributed by atoms with Crippen molar-refractivity contribution in [3.8, 4) is 11.5 Å². The van der Waals surface area contributed by atoms with Crippen molar-refractivity contribution in [2.24, 2.45) is 28.8 Å². The first-order valence-corrected chi connectivity index (χ1v) is 22.9. The Bertz CT molecular complexity index is 2290. The molecule has 1 aliphatic heterocycles. The average Bonchev–Trinajstić information content (AvgIpc) is 4.16. The highest BCUT2D eigenvalue weighted by Gasteiger charge is 2.66. The predicted octanol–water partition coefficient (Wildman–Crippen LogP) is 9.22. The molecule has 11 nitrogen and oxygen atoms in total. The monoisotopic (exact) mass is 855 g/mol. The molecule has 0 aromatic heterocycles. The number of benzene rings is 4. The Morgan fingerprint density at radius 1 is 0.952 bits per heavy atom. The molecule has 0 saturated heterocycles. The van der Waals surface area contributed by atoms with Crippen LogP contribution < -0.4 is 14.8 Å². The largest absolute Gasteiger partial charge is 0.459 e. The first-order chi connectivity index (χ1) is 30.9. The fraction of sp³-hybridized carbons (Fsp3) is 0.442. The highest BCUT2D eigenvalue weighted by Crippen LogP contribution is 2.62. The van der Waals surface area contributed by atoms with Crippen molar-refractivity contribution < 1.29 is 38.9 Å². The summed E-state index contributed by atoms with van der Waals surface area (Å²) in [6.45, 7) is 7.35. The molecule has 11 heteroatoms. The van der Waals surface area contributed by atoms with Gasteiger partial charge in [0.15, 0.2) is 0 Å². The number of oxime groups is 1. The van der Waals surface area contributed by atoms with Crippen molar-refractivity contribution in [3.63, 3.8) is 0 Å². The van der Waals surface area contributed by atoms with E-state index in [0.29, 0.717) is 50.5 Å². The normalized spacial score (nSPS) is 24.1. The number of carbonyl (C=O) groups is 2. The molecule has 2 saturated carbocycles. The summed E-state index contributed by atoms with van der Waals surface area (Å²) in [5.41, 5.74) is 4.57. The zero-order valence-corrected chi connectivity index (χ0v) is 36.3. The van der Waals surface area contributed by atoms with Crippen LogP contribution in [0.25, 0.3) is 10.8 Å². The Morgan fingerprint density at radius 3 is 2.48 bits per heavy atom. The maximum Gasteiger partial charge on any atom is 0.412 e. The first-order valence-electron chi connectivity index (χ1n) is 22.9. The van der Waals surface area contributed by atoms with Crippen molar-refractivity contribution in [3.05, 3.63) is 132 Å². The summed E-state index contributed by atoms with van der Waals surface area (Å²) in [6, 6.07) is 29.1. The van der Waals surface area contributed by atoms with Gasteiger partial charge in [0.25, 0.3) is 0 Å². The molecule has 63 heavy (non-hydrogen) atoms. The zero-order chi connectivity index (χ0) is 43.8. The molecular weight excluding hydrogens is 795 g/mol. The van der Waals surface area contributed by atoms with Crippen LogP contribution in [0.5, 0.6) is 11.5 Å². The lowest BCUT2D eigenvalue weighted by Gasteiger charge is -2.60. The van der Waals surface area contributed by atoms with Crippen LogP contribution in [0.3, 0.4) is 0 Å². The molecule has 0 bridgehead atoms. The number of nitrogens with zero attached hydrogens (tertiary/aromatic N) is 2. The number of ether oxygens (including phenoxy) is 3. The number of amides is 2. The van der Waals surface area contributed by atoms with Crippen molar-refractivity contribution in [1.82, 2.24) is 10.2 Å². The van der Waals surface area contributed by atoms with Gasteiger partial charge in [0.2, 0.25) is 11.7 Å². The number of allylic oxidation sites excluding steroid dienone is 1. The van der Waals surface area contributed by atoms with E-state index in [0.717, 1.165) is 77.3 Å². The summed E-state index contributed by atoms with van der Waals surface area (Å²) in [5, 5.41) is 29.8. The van der Waals surface area contributed by atoms with E-state index in [9.17, 15) is 19.8 Å². The van der Waals surface area contributed by atoms with Crippen molar-refractivity contribution in [2.75, 3.05) is 26.4 Å². The summed E-state index contributed by atoms with van der Waals surface area (Å²) in [6.07, 6.45) is 10.0. The molecular formula is C52H61N3O8. The number of hydrogen-bond acceptors (Lipinski definition) is 9. The molecule has 6 atom stereocenters. The van der Waals surface area contributed by atoms with E-state index in [1.165, 1.54) is 0 Å². The number of rotatable bonds is 20. The fourth-order valence-corrected chi connectivity index (χ4v) is 10.3. The Morgan fingerprint density at radius 2 is 1.71 bits per heavy atom.